The van der Waals surface area contributed by atoms with Crippen molar-refractivity contribution in [3.8, 4) is 5.75 Å². The molecule has 0 aliphatic heterocycles. The molecule has 2 rings (SSSR count). The molecule has 1 heterocycles. The third kappa shape index (κ3) is 3.74. The molecule has 1 aromatic heterocycles. The number of nitrogens with zero attached hydrogens (tertiary/aromatic N) is 1. The molecule has 2 aromatic rings. The lowest BCUT2D eigenvalue weighted by Gasteiger charge is -2.11. The molecule has 1 atom stereocenters. The summed E-state index contributed by atoms with van der Waals surface area (Å²) in [5.41, 5.74) is 8.17. The quantitative estimate of drug-likeness (QED) is 0.915. The van der Waals surface area contributed by atoms with E-state index in [4.69, 9.17) is 10.5 Å². The van der Waals surface area contributed by atoms with Crippen molar-refractivity contribution >= 4 is 11.8 Å². The molecule has 1 unspecified atom stereocenters. The van der Waals surface area contributed by atoms with Gasteiger partial charge in [0.2, 0.25) is 0 Å². The number of methoxy groups -OCH3 is 1. The minimum atomic E-state index is 0.156. The van der Waals surface area contributed by atoms with Gasteiger partial charge in [0, 0.05) is 12.2 Å². The van der Waals surface area contributed by atoms with Crippen molar-refractivity contribution in [3.63, 3.8) is 0 Å². The summed E-state index contributed by atoms with van der Waals surface area (Å²) >= 11 is 1.63. The van der Waals surface area contributed by atoms with E-state index in [0.29, 0.717) is 0 Å². The summed E-state index contributed by atoms with van der Waals surface area (Å²) in [6, 6.07) is 10.3. The third-order valence-electron chi connectivity index (χ3n) is 2.92. The average Bonchev–Trinajstić information content (AvgIpc) is 2.42. The van der Waals surface area contributed by atoms with E-state index >= 15 is 0 Å². The molecule has 3 nitrogen and oxygen atoms in total. The van der Waals surface area contributed by atoms with Gasteiger partial charge in [0.15, 0.2) is 0 Å². The van der Waals surface area contributed by atoms with Gasteiger partial charge in [-0.1, -0.05) is 30.0 Å². The summed E-state index contributed by atoms with van der Waals surface area (Å²) in [6.45, 7) is 4.09. The number of aromatic nitrogens is 1. The third-order valence-corrected chi connectivity index (χ3v) is 4.10. The summed E-state index contributed by atoms with van der Waals surface area (Å²) < 4.78 is 5.37. The Morgan fingerprint density at radius 1 is 1.35 bits per heavy atom. The highest BCUT2D eigenvalue weighted by Gasteiger charge is 2.09. The standard InChI is InChI=1S/C16H20N2OS/c1-11-8-13(9-12(2)17)10-18-16(11)20-15-7-5-4-6-14(15)19-3/h4-8,10,12H,9,17H2,1-3H3. The van der Waals surface area contributed by atoms with Gasteiger partial charge in [0.05, 0.1) is 12.0 Å². The van der Waals surface area contributed by atoms with Crippen LogP contribution in [0, 0.1) is 6.92 Å². The first-order valence-electron chi connectivity index (χ1n) is 6.62. The summed E-state index contributed by atoms with van der Waals surface area (Å²) in [5, 5.41) is 1.00. The summed E-state index contributed by atoms with van der Waals surface area (Å²) in [4.78, 5) is 5.63. The van der Waals surface area contributed by atoms with Crippen LogP contribution in [0.25, 0.3) is 0 Å². The molecule has 0 radical (unpaired) electrons. The van der Waals surface area contributed by atoms with Gasteiger partial charge in [-0.05, 0) is 43.5 Å². The Bertz CT molecular complexity index is 584. The normalized spacial score (nSPS) is 12.2. The first-order chi connectivity index (χ1) is 9.60. The number of benzene rings is 1. The predicted molar refractivity (Wildman–Crippen MR) is 83.4 cm³/mol. The summed E-state index contributed by atoms with van der Waals surface area (Å²) in [7, 11) is 1.69. The Morgan fingerprint density at radius 2 is 2.10 bits per heavy atom. The van der Waals surface area contributed by atoms with Crippen LogP contribution in [0.5, 0.6) is 5.75 Å². The lowest BCUT2D eigenvalue weighted by molar-refractivity contribution is 0.405. The molecule has 0 amide bonds. The molecule has 0 saturated heterocycles. The van der Waals surface area contributed by atoms with Crippen LogP contribution in [0.1, 0.15) is 18.1 Å². The molecule has 1 aromatic carbocycles. The van der Waals surface area contributed by atoms with Crippen molar-refractivity contribution in [2.45, 2.75) is 36.2 Å². The van der Waals surface area contributed by atoms with Gasteiger partial charge in [0.1, 0.15) is 10.8 Å². The van der Waals surface area contributed by atoms with Crippen molar-refractivity contribution in [2.75, 3.05) is 7.11 Å². The molecule has 0 fully saturated rings. The maximum Gasteiger partial charge on any atom is 0.132 e. The zero-order chi connectivity index (χ0) is 14.5. The van der Waals surface area contributed by atoms with Crippen molar-refractivity contribution in [3.05, 3.63) is 47.7 Å². The Balaban J connectivity index is 2.21. The van der Waals surface area contributed by atoms with Gasteiger partial charge in [-0.15, -0.1) is 0 Å². The van der Waals surface area contributed by atoms with E-state index in [0.717, 1.165) is 22.1 Å². The topological polar surface area (TPSA) is 48.1 Å². The van der Waals surface area contributed by atoms with E-state index in [9.17, 15) is 0 Å². The lowest BCUT2D eigenvalue weighted by atomic mass is 10.1. The largest absolute Gasteiger partial charge is 0.496 e. The van der Waals surface area contributed by atoms with E-state index in [1.165, 1.54) is 11.1 Å². The molecule has 0 bridgehead atoms. The van der Waals surface area contributed by atoms with Crippen LogP contribution >= 0.6 is 11.8 Å². The number of aryl methyl sites for hydroxylation is 1. The van der Waals surface area contributed by atoms with Crippen molar-refractivity contribution in [1.29, 1.82) is 0 Å². The second-order valence-electron chi connectivity index (χ2n) is 4.90. The molecule has 2 N–H and O–H groups in total. The van der Waals surface area contributed by atoms with Crippen LogP contribution in [0.15, 0.2) is 46.5 Å². The Hall–Kier alpha value is -1.52. The van der Waals surface area contributed by atoms with Gasteiger partial charge >= 0.3 is 0 Å². The fourth-order valence-electron chi connectivity index (χ4n) is 2.02. The monoisotopic (exact) mass is 288 g/mol. The number of nitrogens with two attached hydrogens (primary N) is 1. The van der Waals surface area contributed by atoms with Gasteiger partial charge in [-0.2, -0.15) is 0 Å². The molecule has 0 aliphatic rings. The second kappa shape index (κ2) is 6.77. The Kier molecular flexibility index (Phi) is 5.04. The number of rotatable bonds is 5. The van der Waals surface area contributed by atoms with E-state index in [2.05, 4.69) is 18.0 Å². The zero-order valence-corrected chi connectivity index (χ0v) is 12.9. The highest BCUT2D eigenvalue weighted by molar-refractivity contribution is 7.99. The molecule has 4 heteroatoms. The highest BCUT2D eigenvalue weighted by atomic mass is 32.2. The van der Waals surface area contributed by atoms with Crippen LogP contribution in [0.2, 0.25) is 0 Å². The smallest absolute Gasteiger partial charge is 0.132 e. The van der Waals surface area contributed by atoms with Crippen molar-refractivity contribution in [1.82, 2.24) is 4.98 Å². The van der Waals surface area contributed by atoms with Gasteiger partial charge < -0.3 is 10.5 Å². The number of para-hydroxylation sites is 1. The van der Waals surface area contributed by atoms with Crippen LogP contribution < -0.4 is 10.5 Å². The van der Waals surface area contributed by atoms with Crippen molar-refractivity contribution in [2.24, 2.45) is 5.73 Å². The van der Waals surface area contributed by atoms with Gasteiger partial charge in [-0.25, -0.2) is 4.98 Å². The summed E-state index contributed by atoms with van der Waals surface area (Å²) in [6.07, 6.45) is 2.77. The first kappa shape index (κ1) is 14.9. The molecular weight excluding hydrogens is 268 g/mol. The fourth-order valence-corrected chi connectivity index (χ4v) is 2.95. The second-order valence-corrected chi connectivity index (χ2v) is 5.93. The number of pyridine rings is 1. The first-order valence-corrected chi connectivity index (χ1v) is 7.43. The fraction of sp³-hybridized carbons (Fsp3) is 0.312. The number of ether oxygens (including phenoxy) is 1. The minimum absolute atomic E-state index is 0.156. The molecule has 0 saturated carbocycles. The number of hydrogen-bond acceptors (Lipinski definition) is 4. The van der Waals surface area contributed by atoms with Crippen LogP contribution in [-0.2, 0) is 6.42 Å². The average molecular weight is 288 g/mol. The van der Waals surface area contributed by atoms with E-state index < -0.39 is 0 Å². The van der Waals surface area contributed by atoms with E-state index in [1.54, 1.807) is 18.9 Å². The molecule has 0 aliphatic carbocycles. The minimum Gasteiger partial charge on any atom is -0.496 e. The molecular formula is C16H20N2OS. The van der Waals surface area contributed by atoms with Crippen LogP contribution in [0.4, 0.5) is 0 Å². The molecule has 0 spiro atoms. The highest BCUT2D eigenvalue weighted by Crippen LogP contribution is 2.35. The predicted octanol–water partition coefficient (Wildman–Crippen LogP) is 3.44. The van der Waals surface area contributed by atoms with Gasteiger partial charge in [0.25, 0.3) is 0 Å². The SMILES string of the molecule is COc1ccccc1Sc1ncc(CC(C)N)cc1C. The summed E-state index contributed by atoms with van der Waals surface area (Å²) in [5.74, 6) is 0.873. The lowest BCUT2D eigenvalue weighted by Crippen LogP contribution is -2.17. The maximum absolute atomic E-state index is 5.82. The van der Waals surface area contributed by atoms with Crippen LogP contribution in [0.3, 0.4) is 0 Å². The Labute approximate surface area is 124 Å². The molecule has 106 valence electrons. The van der Waals surface area contributed by atoms with Crippen LogP contribution in [-0.4, -0.2) is 18.1 Å². The van der Waals surface area contributed by atoms with E-state index in [1.807, 2.05) is 37.4 Å². The zero-order valence-electron chi connectivity index (χ0n) is 12.1. The van der Waals surface area contributed by atoms with Crippen molar-refractivity contribution < 1.29 is 4.74 Å². The molecule has 20 heavy (non-hydrogen) atoms. The number of hydrogen-bond donors (Lipinski definition) is 1. The Morgan fingerprint density at radius 3 is 2.75 bits per heavy atom. The maximum atomic E-state index is 5.82. The van der Waals surface area contributed by atoms with E-state index in [-0.39, 0.29) is 6.04 Å². The van der Waals surface area contributed by atoms with Gasteiger partial charge in [-0.3, -0.25) is 0 Å².